The molecule has 0 amide bonds. The van der Waals surface area contributed by atoms with Crippen LogP contribution < -0.4 is 0 Å². The standard InChI is InChI=1S/C40H22Br4/c41-27-9-1-23(2-10-27)35-21-36(24-3-11-28(42)12-4-24)32-19-20-34-38(26-7-15-30(44)16-8-26)22-37(25-5-13-29(43)14-6-25)33-18-17-31(35)39(32)40(33)34/h1-22H. The van der Waals surface area contributed by atoms with Crippen LogP contribution in [0.2, 0.25) is 0 Å². The lowest BCUT2D eigenvalue weighted by Gasteiger charge is -2.21. The fourth-order valence-corrected chi connectivity index (χ4v) is 7.52. The van der Waals surface area contributed by atoms with E-state index < -0.39 is 0 Å². The van der Waals surface area contributed by atoms with Gasteiger partial charge in [0.2, 0.25) is 0 Å². The van der Waals surface area contributed by atoms with Crippen LogP contribution in [-0.2, 0) is 0 Å². The van der Waals surface area contributed by atoms with E-state index in [-0.39, 0.29) is 0 Å². The first-order valence-corrected chi connectivity index (χ1v) is 17.4. The quantitative estimate of drug-likeness (QED) is 0.155. The van der Waals surface area contributed by atoms with Gasteiger partial charge in [0.1, 0.15) is 0 Å². The van der Waals surface area contributed by atoms with Crippen molar-refractivity contribution in [1.82, 2.24) is 0 Å². The lowest BCUT2D eigenvalue weighted by atomic mass is 9.82. The highest BCUT2D eigenvalue weighted by Crippen LogP contribution is 2.48. The maximum absolute atomic E-state index is 3.64. The number of hydrogen-bond acceptors (Lipinski definition) is 0. The van der Waals surface area contributed by atoms with Gasteiger partial charge in [0.05, 0.1) is 0 Å². The molecule has 0 fully saturated rings. The minimum atomic E-state index is 1.07. The zero-order valence-corrected chi connectivity index (χ0v) is 29.6. The molecule has 44 heavy (non-hydrogen) atoms. The molecule has 0 N–H and O–H groups in total. The zero-order chi connectivity index (χ0) is 29.9. The Labute approximate surface area is 289 Å². The SMILES string of the molecule is Brc1ccc(-c2cc(-c3ccc(Br)cc3)c3ccc4c(-c5ccc(Br)cc5)cc(-c5ccc(Br)cc5)c5ccc2c3c54)cc1. The van der Waals surface area contributed by atoms with E-state index in [4.69, 9.17) is 0 Å². The Morgan fingerprint density at radius 1 is 0.250 bits per heavy atom. The molecule has 4 heteroatoms. The Morgan fingerprint density at radius 3 is 0.659 bits per heavy atom. The largest absolute Gasteiger partial charge is 0.0532 e. The number of hydrogen-bond donors (Lipinski definition) is 0. The van der Waals surface area contributed by atoms with E-state index in [0.29, 0.717) is 0 Å². The molecule has 0 radical (unpaired) electrons. The molecule has 8 rings (SSSR count). The molecule has 0 aromatic heterocycles. The topological polar surface area (TPSA) is 0 Å². The number of halogens is 4. The van der Waals surface area contributed by atoms with Crippen LogP contribution in [0.25, 0.3) is 76.8 Å². The second kappa shape index (κ2) is 11.3. The van der Waals surface area contributed by atoms with Crippen molar-refractivity contribution in [2.75, 3.05) is 0 Å². The molecule has 0 bridgehead atoms. The van der Waals surface area contributed by atoms with Crippen LogP contribution >= 0.6 is 63.7 Å². The van der Waals surface area contributed by atoms with Gasteiger partial charge in [-0.05, 0) is 137 Å². The normalized spacial score (nSPS) is 11.6. The van der Waals surface area contributed by atoms with Crippen molar-refractivity contribution in [3.8, 4) is 44.5 Å². The summed E-state index contributed by atoms with van der Waals surface area (Å²) in [4.78, 5) is 0. The van der Waals surface area contributed by atoms with Gasteiger partial charge in [-0.15, -0.1) is 0 Å². The Balaban J connectivity index is 1.56. The third kappa shape index (κ3) is 4.84. The number of rotatable bonds is 4. The summed E-state index contributed by atoms with van der Waals surface area (Å²) in [5.41, 5.74) is 9.73. The fraction of sp³-hybridized carbons (Fsp3) is 0. The van der Waals surface area contributed by atoms with Crippen LogP contribution in [0.15, 0.2) is 151 Å². The highest BCUT2D eigenvalue weighted by atomic mass is 79.9. The van der Waals surface area contributed by atoms with E-state index in [0.717, 1.165) is 17.9 Å². The summed E-state index contributed by atoms with van der Waals surface area (Å²) in [6.07, 6.45) is 0. The van der Waals surface area contributed by atoms with Crippen molar-refractivity contribution in [3.63, 3.8) is 0 Å². The molecule has 210 valence electrons. The second-order valence-electron chi connectivity index (χ2n) is 11.0. The molecule has 0 saturated carbocycles. The summed E-state index contributed by atoms with van der Waals surface area (Å²) in [5.74, 6) is 0. The van der Waals surface area contributed by atoms with Crippen molar-refractivity contribution in [2.24, 2.45) is 0 Å². The molecule has 8 aromatic rings. The van der Waals surface area contributed by atoms with Crippen molar-refractivity contribution in [1.29, 1.82) is 0 Å². The molecule has 0 aliphatic carbocycles. The second-order valence-corrected chi connectivity index (χ2v) is 14.7. The Hall–Kier alpha value is -3.28. The Morgan fingerprint density at radius 2 is 0.455 bits per heavy atom. The first-order chi connectivity index (χ1) is 21.4. The third-order valence-electron chi connectivity index (χ3n) is 8.52. The summed E-state index contributed by atoms with van der Waals surface area (Å²) in [6.45, 7) is 0. The predicted molar refractivity (Wildman–Crippen MR) is 203 cm³/mol. The van der Waals surface area contributed by atoms with Crippen LogP contribution in [0.3, 0.4) is 0 Å². The summed E-state index contributed by atoms with van der Waals surface area (Å²) in [7, 11) is 0. The van der Waals surface area contributed by atoms with Crippen molar-refractivity contribution < 1.29 is 0 Å². The fourth-order valence-electron chi connectivity index (χ4n) is 6.47. The highest BCUT2D eigenvalue weighted by molar-refractivity contribution is 9.11. The van der Waals surface area contributed by atoms with E-state index in [1.807, 2.05) is 0 Å². The smallest absolute Gasteiger partial charge is 0.0175 e. The zero-order valence-electron chi connectivity index (χ0n) is 23.2. The first kappa shape index (κ1) is 28.2. The first-order valence-electron chi connectivity index (χ1n) is 14.3. The van der Waals surface area contributed by atoms with Crippen molar-refractivity contribution >= 4 is 96.0 Å². The molecular formula is C40H22Br4. The number of benzene rings is 8. The van der Waals surface area contributed by atoms with Gasteiger partial charge in [0, 0.05) is 17.9 Å². The van der Waals surface area contributed by atoms with Crippen LogP contribution in [-0.4, -0.2) is 0 Å². The predicted octanol–water partition coefficient (Wildman–Crippen LogP) is 14.3. The molecule has 0 spiro atoms. The lowest BCUT2D eigenvalue weighted by Crippen LogP contribution is -1.94. The minimum Gasteiger partial charge on any atom is -0.0532 e. The molecule has 0 saturated heterocycles. The molecule has 0 nitrogen and oxygen atoms in total. The molecular weight excluding hydrogens is 800 g/mol. The average Bonchev–Trinajstić information content (AvgIpc) is 3.05. The molecule has 8 aromatic carbocycles. The summed E-state index contributed by atoms with van der Waals surface area (Å²) >= 11 is 14.6. The van der Waals surface area contributed by atoms with Crippen LogP contribution in [0.1, 0.15) is 0 Å². The van der Waals surface area contributed by atoms with Gasteiger partial charge >= 0.3 is 0 Å². The van der Waals surface area contributed by atoms with E-state index in [1.54, 1.807) is 0 Å². The lowest BCUT2D eigenvalue weighted by molar-refractivity contribution is 1.59. The monoisotopic (exact) mass is 818 g/mol. The van der Waals surface area contributed by atoms with Crippen molar-refractivity contribution in [2.45, 2.75) is 0 Å². The molecule has 0 aliphatic rings. The highest BCUT2D eigenvalue weighted by Gasteiger charge is 2.21. The van der Waals surface area contributed by atoms with E-state index in [1.165, 1.54) is 76.8 Å². The van der Waals surface area contributed by atoms with Gasteiger partial charge < -0.3 is 0 Å². The maximum atomic E-state index is 3.64. The van der Waals surface area contributed by atoms with Gasteiger partial charge in [0.15, 0.2) is 0 Å². The van der Waals surface area contributed by atoms with Gasteiger partial charge in [-0.2, -0.15) is 0 Å². The summed E-state index contributed by atoms with van der Waals surface area (Å²) in [6, 6.07) is 48.8. The third-order valence-corrected chi connectivity index (χ3v) is 10.6. The van der Waals surface area contributed by atoms with Crippen LogP contribution in [0.5, 0.6) is 0 Å². The summed E-state index contributed by atoms with van der Waals surface area (Å²) in [5, 5.41) is 7.64. The molecule has 0 aliphatic heterocycles. The van der Waals surface area contributed by atoms with Gasteiger partial charge in [-0.3, -0.25) is 0 Å². The maximum Gasteiger partial charge on any atom is 0.0175 e. The van der Waals surface area contributed by atoms with Gasteiger partial charge in [0.25, 0.3) is 0 Å². The molecule has 0 atom stereocenters. The van der Waals surface area contributed by atoms with Crippen molar-refractivity contribution in [3.05, 3.63) is 151 Å². The molecule has 0 heterocycles. The van der Waals surface area contributed by atoms with E-state index >= 15 is 0 Å². The Bertz CT molecular complexity index is 1990. The average molecular weight is 822 g/mol. The van der Waals surface area contributed by atoms with Crippen LogP contribution in [0, 0.1) is 0 Å². The summed E-state index contributed by atoms with van der Waals surface area (Å²) < 4.78 is 4.30. The molecule has 0 unspecified atom stereocenters. The van der Waals surface area contributed by atoms with Gasteiger partial charge in [-0.1, -0.05) is 137 Å². The van der Waals surface area contributed by atoms with Gasteiger partial charge in [-0.25, -0.2) is 0 Å². The van der Waals surface area contributed by atoms with E-state index in [2.05, 4.69) is 197 Å². The Kier molecular flexibility index (Phi) is 7.22. The minimum absolute atomic E-state index is 1.07. The van der Waals surface area contributed by atoms with E-state index in [9.17, 15) is 0 Å². The van der Waals surface area contributed by atoms with Crippen LogP contribution in [0.4, 0.5) is 0 Å².